The maximum atomic E-state index is 11.3. The maximum Gasteiger partial charge on any atom is 0.313 e. The first-order valence-electron chi connectivity index (χ1n) is 3.42. The fourth-order valence-corrected chi connectivity index (χ4v) is 3.97. The average molecular weight is 260 g/mol. The second-order valence-corrected chi connectivity index (χ2v) is 6.86. The normalized spacial score (nSPS) is 12.7. The third-order valence-electron chi connectivity index (χ3n) is 1.16. The van der Waals surface area contributed by atoms with Crippen LogP contribution in [0.2, 0.25) is 0 Å². The Hall–Kier alpha value is -0.370. The molecule has 0 saturated carbocycles. The summed E-state index contributed by atoms with van der Waals surface area (Å²) in [5, 5.41) is 0. The Kier molecular flexibility index (Phi) is 4.79. The Morgan fingerprint density at radius 2 is 1.64 bits per heavy atom. The molecule has 0 atom stereocenters. The zero-order chi connectivity index (χ0) is 11.4. The molecule has 0 aliphatic heterocycles. The van der Waals surface area contributed by atoms with Crippen LogP contribution < -0.4 is 0 Å². The molecule has 8 heteroatoms. The fraction of sp³-hybridized carbons (Fsp3) is 0.333. The lowest BCUT2D eigenvalue weighted by atomic mass is 10.7. The van der Waals surface area contributed by atoms with Crippen molar-refractivity contribution in [3.63, 3.8) is 0 Å². The maximum absolute atomic E-state index is 11.3. The molecule has 14 heavy (non-hydrogen) atoms. The number of hydrogen-bond donors (Lipinski definition) is 0. The van der Waals surface area contributed by atoms with E-state index in [1.807, 2.05) is 0 Å². The molecule has 0 aliphatic carbocycles. The molecular formula is C6H10ClNO4S2. The molecule has 0 heterocycles. The van der Waals surface area contributed by atoms with Crippen LogP contribution in [-0.2, 0) is 19.3 Å². The topological polar surface area (TPSA) is 71.5 Å². The van der Waals surface area contributed by atoms with Gasteiger partial charge in [0, 0.05) is 17.2 Å². The zero-order valence-electron chi connectivity index (χ0n) is 7.26. The molecule has 0 spiro atoms. The van der Waals surface area contributed by atoms with Gasteiger partial charge in [0.2, 0.25) is 10.0 Å². The summed E-state index contributed by atoms with van der Waals surface area (Å²) in [7, 11) is -3.34. The quantitative estimate of drug-likeness (QED) is 0.514. The van der Waals surface area contributed by atoms with E-state index in [9.17, 15) is 16.8 Å². The minimum atomic E-state index is -4.31. The summed E-state index contributed by atoms with van der Waals surface area (Å²) in [6, 6.07) is 0. The molecule has 0 aliphatic rings. The smallest absolute Gasteiger partial charge is 0.211 e. The van der Waals surface area contributed by atoms with Gasteiger partial charge in [-0.1, -0.05) is 15.9 Å². The summed E-state index contributed by atoms with van der Waals surface area (Å²) in [5.74, 6) is -0.493. The van der Waals surface area contributed by atoms with E-state index < -0.39 is 25.0 Å². The summed E-state index contributed by atoms with van der Waals surface area (Å²) in [6.07, 6.45) is 2.20. The lowest BCUT2D eigenvalue weighted by Crippen LogP contribution is -2.35. The Bertz CT molecular complexity index is 411. The van der Waals surface area contributed by atoms with Crippen molar-refractivity contribution in [1.29, 1.82) is 0 Å². The van der Waals surface area contributed by atoms with E-state index in [1.54, 1.807) is 0 Å². The highest BCUT2D eigenvalue weighted by atomic mass is 35.7. The molecule has 0 bridgehead atoms. The third-order valence-corrected chi connectivity index (χ3v) is 5.24. The van der Waals surface area contributed by atoms with Gasteiger partial charge in [-0.15, -0.1) is 13.2 Å². The van der Waals surface area contributed by atoms with E-state index in [-0.39, 0.29) is 10.3 Å². The minimum Gasteiger partial charge on any atom is -0.211 e. The minimum absolute atomic E-state index is 0.163. The van der Waals surface area contributed by atoms with E-state index >= 15 is 0 Å². The van der Waals surface area contributed by atoms with Gasteiger partial charge in [0.25, 0.3) is 0 Å². The first-order chi connectivity index (χ1) is 6.25. The first kappa shape index (κ1) is 13.6. The van der Waals surface area contributed by atoms with Crippen LogP contribution in [-0.4, -0.2) is 32.8 Å². The van der Waals surface area contributed by atoms with Crippen LogP contribution in [0, 0.1) is 0 Å². The van der Waals surface area contributed by atoms with Crippen LogP contribution in [0.4, 0.5) is 0 Å². The van der Waals surface area contributed by atoms with Gasteiger partial charge in [-0.3, -0.25) is 0 Å². The Morgan fingerprint density at radius 3 is 1.93 bits per heavy atom. The zero-order valence-corrected chi connectivity index (χ0v) is 9.65. The number of rotatable bonds is 6. The largest absolute Gasteiger partial charge is 0.313 e. The Balaban J connectivity index is 5.23. The average Bonchev–Trinajstić information content (AvgIpc) is 1.97. The van der Waals surface area contributed by atoms with Gasteiger partial charge in [-0.05, 0) is 0 Å². The monoisotopic (exact) mass is 259 g/mol. The van der Waals surface area contributed by atoms with Crippen molar-refractivity contribution < 1.29 is 16.8 Å². The molecule has 0 aromatic heterocycles. The third kappa shape index (κ3) is 3.79. The van der Waals surface area contributed by atoms with Crippen molar-refractivity contribution in [2.75, 3.05) is 12.3 Å². The van der Waals surface area contributed by atoms with Crippen molar-refractivity contribution in [2.24, 2.45) is 0 Å². The standard InChI is InChI=1S/C6H10ClNO4S2/c1-3-5-8(14(7,11)12)13(9,10)6-4-2/h3-4H,1-2,5-6H2. The van der Waals surface area contributed by atoms with Crippen LogP contribution in [0.15, 0.2) is 25.3 Å². The molecule has 0 saturated heterocycles. The predicted molar refractivity (Wildman–Crippen MR) is 55.7 cm³/mol. The van der Waals surface area contributed by atoms with Gasteiger partial charge in [0.15, 0.2) is 0 Å². The van der Waals surface area contributed by atoms with E-state index in [2.05, 4.69) is 13.2 Å². The van der Waals surface area contributed by atoms with Crippen LogP contribution in [0.25, 0.3) is 0 Å². The highest BCUT2D eigenvalue weighted by Gasteiger charge is 2.30. The second-order valence-electron chi connectivity index (χ2n) is 2.25. The lowest BCUT2D eigenvalue weighted by molar-refractivity contribution is 0.525. The van der Waals surface area contributed by atoms with E-state index in [0.29, 0.717) is 0 Å². The van der Waals surface area contributed by atoms with Crippen LogP contribution >= 0.6 is 10.7 Å². The van der Waals surface area contributed by atoms with E-state index in [4.69, 9.17) is 10.7 Å². The molecule has 0 radical (unpaired) electrons. The first-order valence-corrected chi connectivity index (χ1v) is 7.30. The molecule has 0 amide bonds. The number of halogens is 1. The predicted octanol–water partition coefficient (Wildman–Crippen LogP) is 0.474. The number of nitrogens with zero attached hydrogens (tertiary/aromatic N) is 1. The van der Waals surface area contributed by atoms with Crippen LogP contribution in [0.5, 0.6) is 0 Å². The number of hydrogen-bond acceptors (Lipinski definition) is 4. The molecule has 0 rings (SSSR count). The molecule has 0 aromatic carbocycles. The summed E-state index contributed by atoms with van der Waals surface area (Å²) >= 11 is 0. The fourth-order valence-electron chi connectivity index (χ4n) is 0.676. The van der Waals surface area contributed by atoms with E-state index in [1.165, 1.54) is 0 Å². The van der Waals surface area contributed by atoms with Gasteiger partial charge in [0.1, 0.15) is 0 Å². The van der Waals surface area contributed by atoms with E-state index in [0.717, 1.165) is 12.2 Å². The van der Waals surface area contributed by atoms with Crippen molar-refractivity contribution in [2.45, 2.75) is 0 Å². The van der Waals surface area contributed by atoms with Crippen molar-refractivity contribution in [3.8, 4) is 0 Å². The second kappa shape index (κ2) is 4.92. The van der Waals surface area contributed by atoms with Crippen molar-refractivity contribution in [1.82, 2.24) is 3.71 Å². The van der Waals surface area contributed by atoms with Crippen molar-refractivity contribution >= 4 is 29.9 Å². The Morgan fingerprint density at radius 1 is 1.14 bits per heavy atom. The van der Waals surface area contributed by atoms with Crippen LogP contribution in [0.1, 0.15) is 0 Å². The summed E-state index contributed by atoms with van der Waals surface area (Å²) in [4.78, 5) is 0. The highest BCUT2D eigenvalue weighted by molar-refractivity contribution is 8.18. The van der Waals surface area contributed by atoms with Gasteiger partial charge >= 0.3 is 9.24 Å². The summed E-state index contributed by atoms with van der Waals surface area (Å²) in [6.45, 7) is 6.05. The molecule has 0 unspecified atom stereocenters. The van der Waals surface area contributed by atoms with Crippen molar-refractivity contribution in [3.05, 3.63) is 25.3 Å². The lowest BCUT2D eigenvalue weighted by Gasteiger charge is -2.14. The molecule has 5 nitrogen and oxygen atoms in total. The molecular weight excluding hydrogens is 250 g/mol. The summed E-state index contributed by atoms with van der Waals surface area (Å²) < 4.78 is 44.5. The van der Waals surface area contributed by atoms with Gasteiger partial charge in [-0.25, -0.2) is 8.42 Å². The molecule has 82 valence electrons. The van der Waals surface area contributed by atoms with Crippen LogP contribution in [0.3, 0.4) is 0 Å². The van der Waals surface area contributed by atoms with Gasteiger partial charge in [0.05, 0.1) is 5.75 Å². The van der Waals surface area contributed by atoms with Gasteiger partial charge < -0.3 is 0 Å². The molecule has 0 fully saturated rings. The summed E-state index contributed by atoms with van der Waals surface area (Å²) in [5.41, 5.74) is 0. The molecule has 0 N–H and O–H groups in total. The highest BCUT2D eigenvalue weighted by Crippen LogP contribution is 2.13. The SMILES string of the molecule is C=CCN(S(=O)(=O)Cl)S(=O)(=O)CC=C. The molecule has 0 aromatic rings. The van der Waals surface area contributed by atoms with Gasteiger partial charge in [-0.2, -0.15) is 8.42 Å². The Labute approximate surface area is 88.3 Å². The number of sulfonamides is 1.